The highest BCUT2D eigenvalue weighted by molar-refractivity contribution is 5.76. The second-order valence-electron chi connectivity index (χ2n) is 6.06. The van der Waals surface area contributed by atoms with Crippen LogP contribution in [-0.2, 0) is 4.79 Å². The molecule has 2 atom stereocenters. The van der Waals surface area contributed by atoms with Gasteiger partial charge in [0.1, 0.15) is 5.82 Å². The third-order valence-electron chi connectivity index (χ3n) is 3.98. The van der Waals surface area contributed by atoms with E-state index < -0.39 is 0 Å². The molecule has 4 nitrogen and oxygen atoms in total. The van der Waals surface area contributed by atoms with Crippen molar-refractivity contribution in [3.63, 3.8) is 0 Å². The molecule has 0 saturated carbocycles. The Labute approximate surface area is 142 Å². The second kappa shape index (κ2) is 8.57. The summed E-state index contributed by atoms with van der Waals surface area (Å²) >= 11 is 0. The van der Waals surface area contributed by atoms with Crippen LogP contribution in [-0.4, -0.2) is 31.4 Å². The summed E-state index contributed by atoms with van der Waals surface area (Å²) in [5.74, 6) is -0.397. The average molecular weight is 329 g/mol. The first kappa shape index (κ1) is 18.1. The van der Waals surface area contributed by atoms with Crippen molar-refractivity contribution >= 4 is 5.91 Å². The zero-order valence-electron chi connectivity index (χ0n) is 14.1. The van der Waals surface area contributed by atoms with Crippen molar-refractivity contribution in [1.29, 1.82) is 0 Å². The number of carbonyl (C=O) groups excluding carboxylic acids is 1. The van der Waals surface area contributed by atoms with E-state index in [1.54, 1.807) is 6.07 Å². The molecule has 2 aromatic carbocycles. The van der Waals surface area contributed by atoms with Gasteiger partial charge < -0.3 is 16.0 Å². The van der Waals surface area contributed by atoms with E-state index >= 15 is 0 Å². The number of nitrogens with one attached hydrogen (secondary N) is 1. The molecular weight excluding hydrogens is 305 g/mol. The molecule has 0 aliphatic carbocycles. The predicted octanol–water partition coefficient (Wildman–Crippen LogP) is 2.63. The molecule has 1 amide bonds. The summed E-state index contributed by atoms with van der Waals surface area (Å²) in [6.45, 7) is 0.400. The van der Waals surface area contributed by atoms with Crippen LogP contribution < -0.4 is 11.1 Å². The monoisotopic (exact) mass is 329 g/mol. The minimum absolute atomic E-state index is 0.0994. The summed E-state index contributed by atoms with van der Waals surface area (Å²) in [7, 11) is 3.80. The molecule has 2 rings (SSSR count). The number of rotatable bonds is 7. The molecule has 0 saturated heterocycles. The number of hydrogen-bond acceptors (Lipinski definition) is 3. The molecule has 2 unspecified atom stereocenters. The number of nitrogens with two attached hydrogens (primary N) is 1. The van der Waals surface area contributed by atoms with E-state index in [0.717, 1.165) is 11.1 Å². The summed E-state index contributed by atoms with van der Waals surface area (Å²) in [5.41, 5.74) is 7.83. The third kappa shape index (κ3) is 5.15. The van der Waals surface area contributed by atoms with Gasteiger partial charge in [0.05, 0.1) is 6.04 Å². The maximum atomic E-state index is 13.4. The highest BCUT2D eigenvalue weighted by Gasteiger charge is 2.17. The maximum Gasteiger partial charge on any atom is 0.221 e. The van der Waals surface area contributed by atoms with E-state index in [9.17, 15) is 9.18 Å². The fourth-order valence-electron chi connectivity index (χ4n) is 2.61. The second-order valence-corrected chi connectivity index (χ2v) is 6.06. The van der Waals surface area contributed by atoms with E-state index in [0.29, 0.717) is 6.54 Å². The Balaban J connectivity index is 1.93. The number of nitrogens with zero attached hydrogens (tertiary/aromatic N) is 1. The van der Waals surface area contributed by atoms with Gasteiger partial charge in [-0.3, -0.25) is 4.79 Å². The largest absolute Gasteiger partial charge is 0.354 e. The first-order chi connectivity index (χ1) is 11.5. The van der Waals surface area contributed by atoms with Crippen LogP contribution in [0.4, 0.5) is 4.39 Å². The molecule has 0 aliphatic rings. The van der Waals surface area contributed by atoms with Crippen molar-refractivity contribution in [2.45, 2.75) is 18.5 Å². The highest BCUT2D eigenvalue weighted by Crippen LogP contribution is 2.19. The number of amides is 1. The van der Waals surface area contributed by atoms with Crippen LogP contribution in [0.25, 0.3) is 0 Å². The molecule has 0 fully saturated rings. The van der Waals surface area contributed by atoms with Gasteiger partial charge in [-0.15, -0.1) is 0 Å². The molecule has 0 radical (unpaired) electrons. The summed E-state index contributed by atoms with van der Waals surface area (Å²) in [6, 6.07) is 15.5. The number of carbonyl (C=O) groups is 1. The fraction of sp³-hybridized carbons (Fsp3) is 0.316. The third-order valence-corrected chi connectivity index (χ3v) is 3.98. The van der Waals surface area contributed by atoms with Gasteiger partial charge in [0.2, 0.25) is 5.91 Å². The van der Waals surface area contributed by atoms with Gasteiger partial charge in [-0.25, -0.2) is 4.39 Å². The predicted molar refractivity (Wildman–Crippen MR) is 93.8 cm³/mol. The van der Waals surface area contributed by atoms with Gasteiger partial charge in [0.15, 0.2) is 0 Å². The zero-order chi connectivity index (χ0) is 17.5. The van der Waals surface area contributed by atoms with Gasteiger partial charge in [-0.05, 0) is 37.4 Å². The van der Waals surface area contributed by atoms with Crippen molar-refractivity contribution in [2.75, 3.05) is 20.6 Å². The van der Waals surface area contributed by atoms with Gasteiger partial charge in [0.25, 0.3) is 0 Å². The summed E-state index contributed by atoms with van der Waals surface area (Å²) < 4.78 is 13.4. The molecular formula is C19H24FN3O. The minimum Gasteiger partial charge on any atom is -0.354 e. The molecule has 128 valence electrons. The van der Waals surface area contributed by atoms with Crippen LogP contribution in [0.15, 0.2) is 54.6 Å². The van der Waals surface area contributed by atoms with Crippen LogP contribution >= 0.6 is 0 Å². The molecule has 0 aliphatic heterocycles. The Morgan fingerprint density at radius 3 is 2.42 bits per heavy atom. The van der Waals surface area contributed by atoms with E-state index in [2.05, 4.69) is 5.32 Å². The van der Waals surface area contributed by atoms with E-state index in [-0.39, 0.29) is 30.2 Å². The first-order valence-corrected chi connectivity index (χ1v) is 7.96. The molecule has 5 heteroatoms. The van der Waals surface area contributed by atoms with Gasteiger partial charge in [-0.1, -0.05) is 42.5 Å². The van der Waals surface area contributed by atoms with E-state index in [4.69, 9.17) is 5.73 Å². The SMILES string of the molecule is CN(C)C(CNC(=O)CC(N)c1ccccc1)c1cccc(F)c1. The highest BCUT2D eigenvalue weighted by atomic mass is 19.1. The van der Waals surface area contributed by atoms with Crippen molar-refractivity contribution < 1.29 is 9.18 Å². The van der Waals surface area contributed by atoms with Crippen LogP contribution in [0.5, 0.6) is 0 Å². The Morgan fingerprint density at radius 2 is 1.79 bits per heavy atom. The lowest BCUT2D eigenvalue weighted by atomic mass is 10.0. The van der Waals surface area contributed by atoms with Crippen LogP contribution in [0.1, 0.15) is 29.6 Å². The smallest absolute Gasteiger partial charge is 0.221 e. The number of benzene rings is 2. The minimum atomic E-state index is -0.335. The van der Waals surface area contributed by atoms with Crippen LogP contribution in [0.2, 0.25) is 0 Å². The maximum absolute atomic E-state index is 13.4. The summed E-state index contributed by atoms with van der Waals surface area (Å²) in [6.07, 6.45) is 0.216. The van der Waals surface area contributed by atoms with Crippen LogP contribution in [0.3, 0.4) is 0 Å². The van der Waals surface area contributed by atoms with Crippen LogP contribution in [0, 0.1) is 5.82 Å². The Morgan fingerprint density at radius 1 is 1.12 bits per heavy atom. The average Bonchev–Trinajstić information content (AvgIpc) is 2.55. The van der Waals surface area contributed by atoms with Gasteiger partial charge in [0, 0.05) is 19.0 Å². The molecule has 2 aromatic rings. The molecule has 0 aromatic heterocycles. The van der Waals surface area contributed by atoms with Crippen molar-refractivity contribution in [3.05, 3.63) is 71.5 Å². The van der Waals surface area contributed by atoms with E-state index in [1.165, 1.54) is 12.1 Å². The molecule has 3 N–H and O–H groups in total. The Hall–Kier alpha value is -2.24. The zero-order valence-corrected chi connectivity index (χ0v) is 14.1. The van der Waals surface area contributed by atoms with Crippen molar-refractivity contribution in [1.82, 2.24) is 10.2 Å². The lowest BCUT2D eigenvalue weighted by Gasteiger charge is -2.25. The van der Waals surface area contributed by atoms with Gasteiger partial charge in [-0.2, -0.15) is 0 Å². The molecule has 0 spiro atoms. The fourth-order valence-corrected chi connectivity index (χ4v) is 2.61. The van der Waals surface area contributed by atoms with Gasteiger partial charge >= 0.3 is 0 Å². The lowest BCUT2D eigenvalue weighted by Crippen LogP contribution is -2.35. The lowest BCUT2D eigenvalue weighted by molar-refractivity contribution is -0.121. The first-order valence-electron chi connectivity index (χ1n) is 7.96. The normalized spacial score (nSPS) is 13.5. The molecule has 0 heterocycles. The molecule has 24 heavy (non-hydrogen) atoms. The van der Waals surface area contributed by atoms with Crippen molar-refractivity contribution in [3.8, 4) is 0 Å². The molecule has 0 bridgehead atoms. The quantitative estimate of drug-likeness (QED) is 0.821. The Kier molecular flexibility index (Phi) is 6.46. The number of halogens is 1. The number of hydrogen-bond donors (Lipinski definition) is 2. The standard InChI is InChI=1S/C19H24FN3O/c1-23(2)18(15-9-6-10-16(20)11-15)13-22-19(24)12-17(21)14-7-4-3-5-8-14/h3-11,17-18H,12-13,21H2,1-2H3,(H,22,24). The summed E-state index contributed by atoms with van der Waals surface area (Å²) in [5, 5.41) is 2.90. The van der Waals surface area contributed by atoms with E-state index in [1.807, 2.05) is 55.4 Å². The summed E-state index contributed by atoms with van der Waals surface area (Å²) in [4.78, 5) is 14.1. The Bertz CT molecular complexity index is 661. The number of likely N-dealkylation sites (N-methyl/N-ethyl adjacent to an activating group) is 1. The topological polar surface area (TPSA) is 58.4 Å². The van der Waals surface area contributed by atoms with Crippen molar-refractivity contribution in [2.24, 2.45) is 5.73 Å².